The van der Waals surface area contributed by atoms with E-state index in [-0.39, 0.29) is 12.5 Å². The Morgan fingerprint density at radius 1 is 1.03 bits per heavy atom. The van der Waals surface area contributed by atoms with Crippen LogP contribution in [0.25, 0.3) is 0 Å². The van der Waals surface area contributed by atoms with Crippen LogP contribution < -0.4 is 4.90 Å². The van der Waals surface area contributed by atoms with Gasteiger partial charge in [-0.15, -0.1) is 0 Å². The number of piperazine rings is 1. The number of amides is 2. The van der Waals surface area contributed by atoms with Crippen LogP contribution in [0.5, 0.6) is 0 Å². The zero-order chi connectivity index (χ0) is 22.3. The molecule has 0 N–H and O–H groups in total. The Morgan fingerprint density at radius 2 is 1.74 bits per heavy atom. The molecule has 8 heteroatoms. The number of pyridine rings is 2. The van der Waals surface area contributed by atoms with Crippen molar-refractivity contribution in [2.75, 3.05) is 44.2 Å². The van der Waals surface area contributed by atoms with E-state index in [4.69, 9.17) is 4.74 Å². The first kappa shape index (κ1) is 22.7. The van der Waals surface area contributed by atoms with E-state index >= 15 is 0 Å². The van der Waals surface area contributed by atoms with Gasteiger partial charge in [0.2, 0.25) is 5.91 Å². The summed E-state index contributed by atoms with van der Waals surface area (Å²) in [5.41, 5.74) is 0.602. The van der Waals surface area contributed by atoms with Gasteiger partial charge in [0.1, 0.15) is 18.0 Å². The fraction of sp³-hybridized carbons (Fsp3) is 0.478. The van der Waals surface area contributed by atoms with Crippen molar-refractivity contribution >= 4 is 17.8 Å². The van der Waals surface area contributed by atoms with Gasteiger partial charge in [-0.2, -0.15) is 0 Å². The number of ether oxygens (including phenoxy) is 1. The standard InChI is InChI=1S/C23H31N5O3/c1-23(2,3)31-22(30)28(20-6-4-5-10-25-20)18-21(29)27-16-14-26(15-17-27)13-9-19-7-11-24-12-8-19/h4-8,10-12H,9,13-18H2,1-3H3. The van der Waals surface area contributed by atoms with Crippen LogP contribution in [0.1, 0.15) is 26.3 Å². The molecule has 1 aliphatic rings. The highest BCUT2D eigenvalue weighted by atomic mass is 16.6. The summed E-state index contributed by atoms with van der Waals surface area (Å²) in [5, 5.41) is 0. The molecule has 0 aliphatic carbocycles. The van der Waals surface area contributed by atoms with Crippen LogP contribution in [0.4, 0.5) is 10.6 Å². The van der Waals surface area contributed by atoms with Crippen molar-refractivity contribution in [1.29, 1.82) is 0 Å². The van der Waals surface area contributed by atoms with E-state index in [0.717, 1.165) is 26.1 Å². The lowest BCUT2D eigenvalue weighted by Crippen LogP contribution is -2.52. The Labute approximate surface area is 183 Å². The molecule has 0 aromatic carbocycles. The number of carbonyl (C=O) groups is 2. The van der Waals surface area contributed by atoms with Crippen LogP contribution >= 0.6 is 0 Å². The number of nitrogens with zero attached hydrogens (tertiary/aromatic N) is 5. The Hall–Kier alpha value is -3.00. The van der Waals surface area contributed by atoms with Crippen molar-refractivity contribution in [3.8, 4) is 0 Å². The topological polar surface area (TPSA) is 78.9 Å². The summed E-state index contributed by atoms with van der Waals surface area (Å²) < 4.78 is 5.50. The molecule has 0 radical (unpaired) electrons. The molecule has 1 aliphatic heterocycles. The summed E-state index contributed by atoms with van der Waals surface area (Å²) in [6, 6.07) is 9.31. The van der Waals surface area contributed by atoms with Crippen molar-refractivity contribution in [1.82, 2.24) is 19.8 Å². The van der Waals surface area contributed by atoms with Gasteiger partial charge in [-0.25, -0.2) is 9.78 Å². The second-order valence-corrected chi connectivity index (χ2v) is 8.58. The van der Waals surface area contributed by atoms with Crippen molar-refractivity contribution < 1.29 is 14.3 Å². The molecule has 0 spiro atoms. The summed E-state index contributed by atoms with van der Waals surface area (Å²) in [5.74, 6) is 0.298. The van der Waals surface area contributed by atoms with E-state index in [0.29, 0.717) is 18.9 Å². The van der Waals surface area contributed by atoms with Crippen molar-refractivity contribution in [2.45, 2.75) is 32.8 Å². The number of rotatable bonds is 6. The molecule has 1 fully saturated rings. The summed E-state index contributed by atoms with van der Waals surface area (Å²) in [6.07, 6.45) is 5.60. The maximum atomic E-state index is 13.0. The summed E-state index contributed by atoms with van der Waals surface area (Å²) in [4.78, 5) is 39.4. The highest BCUT2D eigenvalue weighted by Crippen LogP contribution is 2.16. The molecule has 3 heterocycles. The normalized spacial score (nSPS) is 14.9. The Kier molecular flexibility index (Phi) is 7.57. The molecule has 166 valence electrons. The first-order chi connectivity index (χ1) is 14.8. The number of hydrogen-bond donors (Lipinski definition) is 0. The van der Waals surface area contributed by atoms with E-state index in [2.05, 4.69) is 14.9 Å². The molecule has 2 amide bonds. The highest BCUT2D eigenvalue weighted by Gasteiger charge is 2.29. The molecular weight excluding hydrogens is 394 g/mol. The van der Waals surface area contributed by atoms with Crippen molar-refractivity contribution in [3.05, 3.63) is 54.5 Å². The first-order valence-electron chi connectivity index (χ1n) is 10.6. The molecule has 2 aromatic heterocycles. The average molecular weight is 426 g/mol. The largest absolute Gasteiger partial charge is 0.443 e. The molecule has 3 rings (SSSR count). The van der Waals surface area contributed by atoms with Gasteiger partial charge in [-0.1, -0.05) is 6.07 Å². The molecule has 31 heavy (non-hydrogen) atoms. The van der Waals surface area contributed by atoms with E-state index in [1.54, 1.807) is 45.2 Å². The van der Waals surface area contributed by atoms with Crippen molar-refractivity contribution in [2.24, 2.45) is 0 Å². The quantitative estimate of drug-likeness (QED) is 0.708. The summed E-state index contributed by atoms with van der Waals surface area (Å²) >= 11 is 0. The highest BCUT2D eigenvalue weighted by molar-refractivity contribution is 5.94. The van der Waals surface area contributed by atoms with Gasteiger partial charge >= 0.3 is 6.09 Å². The van der Waals surface area contributed by atoms with Crippen LogP contribution in [0.3, 0.4) is 0 Å². The van der Waals surface area contributed by atoms with E-state index in [1.807, 2.05) is 29.4 Å². The van der Waals surface area contributed by atoms with Crippen LogP contribution in [-0.4, -0.2) is 76.6 Å². The smallest absolute Gasteiger partial charge is 0.416 e. The first-order valence-corrected chi connectivity index (χ1v) is 10.6. The molecule has 1 saturated heterocycles. The van der Waals surface area contributed by atoms with Gasteiger partial charge in [0, 0.05) is 51.3 Å². The van der Waals surface area contributed by atoms with Crippen molar-refractivity contribution in [3.63, 3.8) is 0 Å². The number of carbonyl (C=O) groups excluding carboxylic acids is 2. The number of hydrogen-bond acceptors (Lipinski definition) is 6. The Balaban J connectivity index is 1.55. The Bertz CT molecular complexity index is 847. The second-order valence-electron chi connectivity index (χ2n) is 8.58. The van der Waals surface area contributed by atoms with Crippen LogP contribution in [-0.2, 0) is 16.0 Å². The second kappa shape index (κ2) is 10.3. The monoisotopic (exact) mass is 425 g/mol. The third-order valence-electron chi connectivity index (χ3n) is 5.02. The zero-order valence-electron chi connectivity index (χ0n) is 18.5. The minimum atomic E-state index is -0.659. The van der Waals surface area contributed by atoms with Gasteiger partial charge in [0.25, 0.3) is 0 Å². The average Bonchev–Trinajstić information content (AvgIpc) is 2.76. The van der Waals surface area contributed by atoms with Crippen LogP contribution in [0.15, 0.2) is 48.9 Å². The molecular formula is C23H31N5O3. The summed E-state index contributed by atoms with van der Waals surface area (Å²) in [6.45, 7) is 9.16. The molecule has 0 unspecified atom stereocenters. The fourth-order valence-corrected chi connectivity index (χ4v) is 3.36. The Morgan fingerprint density at radius 3 is 2.35 bits per heavy atom. The predicted molar refractivity (Wildman–Crippen MR) is 119 cm³/mol. The zero-order valence-corrected chi connectivity index (χ0v) is 18.5. The third-order valence-corrected chi connectivity index (χ3v) is 5.02. The number of aromatic nitrogens is 2. The van der Waals surface area contributed by atoms with Gasteiger partial charge in [0.15, 0.2) is 0 Å². The molecule has 2 aromatic rings. The molecule has 0 saturated carbocycles. The fourth-order valence-electron chi connectivity index (χ4n) is 3.36. The van der Waals surface area contributed by atoms with Crippen LogP contribution in [0.2, 0.25) is 0 Å². The van der Waals surface area contributed by atoms with Gasteiger partial charge in [-0.3, -0.25) is 19.6 Å². The maximum Gasteiger partial charge on any atom is 0.416 e. The molecule has 0 bridgehead atoms. The SMILES string of the molecule is CC(C)(C)OC(=O)N(CC(=O)N1CCN(CCc2ccncc2)CC1)c1ccccn1. The molecule has 0 atom stereocenters. The maximum absolute atomic E-state index is 13.0. The lowest BCUT2D eigenvalue weighted by Gasteiger charge is -2.36. The van der Waals surface area contributed by atoms with Gasteiger partial charge < -0.3 is 9.64 Å². The van der Waals surface area contributed by atoms with E-state index < -0.39 is 11.7 Å². The lowest BCUT2D eigenvalue weighted by atomic mass is 10.2. The van der Waals surface area contributed by atoms with E-state index in [1.165, 1.54) is 10.5 Å². The predicted octanol–water partition coefficient (Wildman–Crippen LogP) is 2.61. The van der Waals surface area contributed by atoms with Gasteiger partial charge in [-0.05, 0) is 57.0 Å². The minimum absolute atomic E-state index is 0.0943. The minimum Gasteiger partial charge on any atom is -0.443 e. The summed E-state index contributed by atoms with van der Waals surface area (Å²) in [7, 11) is 0. The molecule has 8 nitrogen and oxygen atoms in total. The number of anilines is 1. The lowest BCUT2D eigenvalue weighted by molar-refractivity contribution is -0.131. The van der Waals surface area contributed by atoms with Crippen LogP contribution in [0, 0.1) is 0 Å². The third kappa shape index (κ3) is 7.03. The van der Waals surface area contributed by atoms with Gasteiger partial charge in [0.05, 0.1) is 0 Å². The van der Waals surface area contributed by atoms with E-state index in [9.17, 15) is 9.59 Å².